The van der Waals surface area contributed by atoms with Gasteiger partial charge in [0.2, 0.25) is 5.82 Å². The molecule has 0 N–H and O–H groups in total. The van der Waals surface area contributed by atoms with Crippen molar-refractivity contribution in [2.75, 3.05) is 6.61 Å². The van der Waals surface area contributed by atoms with Crippen molar-refractivity contribution >= 4 is 0 Å². The Kier molecular flexibility index (Phi) is 8.84. The summed E-state index contributed by atoms with van der Waals surface area (Å²) in [4.78, 5) is 0. The van der Waals surface area contributed by atoms with E-state index in [-0.39, 0.29) is 11.3 Å². The highest BCUT2D eigenvalue weighted by molar-refractivity contribution is 5.46. The fourth-order valence-corrected chi connectivity index (χ4v) is 2.78. The van der Waals surface area contributed by atoms with Crippen LogP contribution in [-0.2, 0) is 6.42 Å². The lowest BCUT2D eigenvalue weighted by Gasteiger charge is -2.06. The van der Waals surface area contributed by atoms with Gasteiger partial charge in [-0.25, -0.2) is 4.39 Å². The first-order valence-corrected chi connectivity index (χ1v) is 9.87. The normalized spacial score (nSPS) is 10.4. The molecule has 2 aromatic rings. The quantitative estimate of drug-likeness (QED) is 0.354. The Morgan fingerprint density at radius 1 is 0.778 bits per heavy atom. The molecule has 144 valence electrons. The van der Waals surface area contributed by atoms with Gasteiger partial charge in [-0.05, 0) is 49.1 Å². The molecule has 0 amide bonds. The summed E-state index contributed by atoms with van der Waals surface area (Å²) < 4.78 is 33.3. The van der Waals surface area contributed by atoms with Crippen molar-refractivity contribution in [2.24, 2.45) is 0 Å². The zero-order valence-corrected chi connectivity index (χ0v) is 16.3. The van der Waals surface area contributed by atoms with Gasteiger partial charge in [-0.3, -0.25) is 0 Å². The van der Waals surface area contributed by atoms with E-state index in [0.29, 0.717) is 6.61 Å². The molecule has 0 radical (unpaired) electrons. The van der Waals surface area contributed by atoms with Crippen LogP contribution in [0.3, 0.4) is 0 Å². The molecule has 0 saturated heterocycles. The highest BCUT2D eigenvalue weighted by atomic mass is 19.2. The molecule has 0 spiro atoms. The molecule has 0 atom stereocenters. The Hall–Kier alpha value is -2.34. The Morgan fingerprint density at radius 2 is 1.52 bits per heavy atom. The van der Waals surface area contributed by atoms with E-state index in [9.17, 15) is 8.78 Å². The maximum absolute atomic E-state index is 14.1. The topological polar surface area (TPSA) is 9.23 Å². The minimum atomic E-state index is -0.978. The van der Waals surface area contributed by atoms with Gasteiger partial charge in [-0.15, -0.1) is 0 Å². The van der Waals surface area contributed by atoms with Crippen molar-refractivity contribution in [3.63, 3.8) is 0 Å². The van der Waals surface area contributed by atoms with E-state index in [1.54, 1.807) is 0 Å². The van der Waals surface area contributed by atoms with E-state index in [2.05, 4.69) is 30.9 Å². The van der Waals surface area contributed by atoms with Crippen molar-refractivity contribution in [1.29, 1.82) is 0 Å². The predicted octanol–water partition coefficient (Wildman–Crippen LogP) is 6.67. The van der Waals surface area contributed by atoms with Crippen molar-refractivity contribution in [2.45, 2.75) is 58.8 Å². The third-order valence-corrected chi connectivity index (χ3v) is 4.37. The van der Waals surface area contributed by atoms with Gasteiger partial charge in [-0.2, -0.15) is 4.39 Å². The van der Waals surface area contributed by atoms with Crippen LogP contribution in [0.1, 0.15) is 69.1 Å². The predicted molar refractivity (Wildman–Crippen MR) is 107 cm³/mol. The Morgan fingerprint density at radius 3 is 2.22 bits per heavy atom. The number of unbranched alkanes of at least 4 members (excludes halogenated alkanes) is 4. The van der Waals surface area contributed by atoms with E-state index in [1.807, 2.05) is 19.1 Å². The van der Waals surface area contributed by atoms with Gasteiger partial charge in [-0.1, -0.05) is 63.5 Å². The van der Waals surface area contributed by atoms with Gasteiger partial charge in [0.15, 0.2) is 11.6 Å². The van der Waals surface area contributed by atoms with Crippen LogP contribution >= 0.6 is 0 Å². The van der Waals surface area contributed by atoms with Crippen molar-refractivity contribution in [1.82, 2.24) is 0 Å². The van der Waals surface area contributed by atoms with E-state index in [1.165, 1.54) is 49.8 Å². The smallest absolute Gasteiger partial charge is 0.201 e. The second-order valence-electron chi connectivity index (χ2n) is 6.70. The van der Waals surface area contributed by atoms with Crippen LogP contribution in [0.4, 0.5) is 8.78 Å². The minimum absolute atomic E-state index is 0.0383. The molecule has 2 rings (SSSR count). The standard InChI is InChI=1S/C24H28F2O/c1-3-5-6-7-8-9-19-10-12-20(13-11-19)14-15-21-16-17-22(27-18-4-2)24(26)23(21)25/h10-13,16-17H,3-9,18H2,1-2H3. The molecule has 0 unspecified atom stereocenters. The van der Waals surface area contributed by atoms with E-state index in [4.69, 9.17) is 4.74 Å². The SMILES string of the molecule is CCCCCCCc1ccc(C#Cc2ccc(OCCC)c(F)c2F)cc1. The lowest BCUT2D eigenvalue weighted by atomic mass is 10.0. The molecular weight excluding hydrogens is 342 g/mol. The van der Waals surface area contributed by atoms with Gasteiger partial charge in [0, 0.05) is 5.56 Å². The van der Waals surface area contributed by atoms with Gasteiger partial charge in [0.05, 0.1) is 12.2 Å². The molecule has 1 nitrogen and oxygen atoms in total. The summed E-state index contributed by atoms with van der Waals surface area (Å²) in [5, 5.41) is 0. The van der Waals surface area contributed by atoms with Crippen molar-refractivity contribution < 1.29 is 13.5 Å². The molecule has 0 aliphatic heterocycles. The molecule has 3 heteroatoms. The van der Waals surface area contributed by atoms with Gasteiger partial charge < -0.3 is 4.74 Å². The highest BCUT2D eigenvalue weighted by Crippen LogP contribution is 2.22. The van der Waals surface area contributed by atoms with E-state index < -0.39 is 11.6 Å². The first-order valence-electron chi connectivity index (χ1n) is 9.87. The lowest BCUT2D eigenvalue weighted by molar-refractivity contribution is 0.295. The zero-order valence-electron chi connectivity index (χ0n) is 16.3. The highest BCUT2D eigenvalue weighted by Gasteiger charge is 2.13. The van der Waals surface area contributed by atoms with Crippen LogP contribution in [0.15, 0.2) is 36.4 Å². The number of rotatable bonds is 9. The van der Waals surface area contributed by atoms with Crippen LogP contribution in [0, 0.1) is 23.5 Å². The number of benzene rings is 2. The summed E-state index contributed by atoms with van der Waals surface area (Å²) >= 11 is 0. The Balaban J connectivity index is 1.98. The molecule has 0 aliphatic rings. The van der Waals surface area contributed by atoms with Gasteiger partial charge in [0.25, 0.3) is 0 Å². The number of halogens is 2. The molecule has 0 aliphatic carbocycles. The first-order chi connectivity index (χ1) is 13.2. The number of aryl methyl sites for hydroxylation is 1. The average molecular weight is 370 g/mol. The van der Waals surface area contributed by atoms with E-state index >= 15 is 0 Å². The molecule has 2 aromatic carbocycles. The third-order valence-electron chi connectivity index (χ3n) is 4.37. The lowest BCUT2D eigenvalue weighted by Crippen LogP contribution is -2.00. The van der Waals surface area contributed by atoms with Crippen molar-refractivity contribution in [3.05, 3.63) is 64.7 Å². The second-order valence-corrected chi connectivity index (χ2v) is 6.70. The van der Waals surface area contributed by atoms with Crippen LogP contribution in [0.25, 0.3) is 0 Å². The summed E-state index contributed by atoms with van der Waals surface area (Å²) in [7, 11) is 0. The zero-order chi connectivity index (χ0) is 19.5. The minimum Gasteiger partial charge on any atom is -0.490 e. The molecule has 0 saturated carbocycles. The fourth-order valence-electron chi connectivity index (χ4n) is 2.78. The molecular formula is C24H28F2O. The summed E-state index contributed by atoms with van der Waals surface area (Å²) in [5.41, 5.74) is 2.11. The number of ether oxygens (including phenoxy) is 1. The summed E-state index contributed by atoms with van der Waals surface area (Å²) in [6.45, 7) is 4.48. The molecule has 0 bridgehead atoms. The van der Waals surface area contributed by atoms with Crippen LogP contribution in [0.2, 0.25) is 0 Å². The largest absolute Gasteiger partial charge is 0.490 e. The molecule has 0 heterocycles. The maximum atomic E-state index is 14.1. The Bertz CT molecular complexity index is 769. The van der Waals surface area contributed by atoms with Gasteiger partial charge in [0.1, 0.15) is 0 Å². The van der Waals surface area contributed by atoms with E-state index in [0.717, 1.165) is 18.4 Å². The van der Waals surface area contributed by atoms with Crippen LogP contribution in [0.5, 0.6) is 5.75 Å². The van der Waals surface area contributed by atoms with Crippen LogP contribution < -0.4 is 4.74 Å². The summed E-state index contributed by atoms with van der Waals surface area (Å²) in [6, 6.07) is 10.9. The fraction of sp³-hybridized carbons (Fsp3) is 0.417. The first kappa shape index (κ1) is 21.0. The summed E-state index contributed by atoms with van der Waals surface area (Å²) in [5.74, 6) is 3.62. The Labute approximate surface area is 161 Å². The maximum Gasteiger partial charge on any atom is 0.201 e. The second kappa shape index (κ2) is 11.4. The molecule has 0 fully saturated rings. The third kappa shape index (κ3) is 6.71. The van der Waals surface area contributed by atoms with Crippen molar-refractivity contribution in [3.8, 4) is 17.6 Å². The average Bonchev–Trinajstić information content (AvgIpc) is 2.69. The monoisotopic (exact) mass is 370 g/mol. The number of hydrogen-bond acceptors (Lipinski definition) is 1. The summed E-state index contributed by atoms with van der Waals surface area (Å²) in [6.07, 6.45) is 8.11. The number of hydrogen-bond donors (Lipinski definition) is 0. The molecule has 0 aromatic heterocycles. The van der Waals surface area contributed by atoms with Crippen LogP contribution in [-0.4, -0.2) is 6.61 Å². The molecule has 27 heavy (non-hydrogen) atoms. The van der Waals surface area contributed by atoms with Gasteiger partial charge >= 0.3 is 0 Å².